The third-order valence-electron chi connectivity index (χ3n) is 3.07. The maximum atomic E-state index is 5.69. The van der Waals surface area contributed by atoms with Gasteiger partial charge >= 0.3 is 0 Å². The summed E-state index contributed by atoms with van der Waals surface area (Å²) in [7, 11) is 0. The van der Waals surface area contributed by atoms with E-state index >= 15 is 0 Å². The number of nitrogens with two attached hydrogens (primary N) is 1. The lowest BCUT2D eigenvalue weighted by Gasteiger charge is -2.29. The number of hydrogen-bond acceptors (Lipinski definition) is 5. The third kappa shape index (κ3) is 4.10. The van der Waals surface area contributed by atoms with Gasteiger partial charge in [-0.25, -0.2) is 4.98 Å². The van der Waals surface area contributed by atoms with Gasteiger partial charge in [0, 0.05) is 18.7 Å². The summed E-state index contributed by atoms with van der Waals surface area (Å²) in [4.78, 5) is 10.9. The summed E-state index contributed by atoms with van der Waals surface area (Å²) in [6, 6.07) is 2.01. The molecule has 0 radical (unpaired) electrons. The number of hydrogen-bond donors (Lipinski definition) is 2. The van der Waals surface area contributed by atoms with Gasteiger partial charge in [0.2, 0.25) is 5.95 Å². The molecule has 1 aromatic heterocycles. The van der Waals surface area contributed by atoms with E-state index in [2.05, 4.69) is 43.0 Å². The lowest BCUT2D eigenvalue weighted by Crippen LogP contribution is -2.38. The minimum atomic E-state index is 0.316. The maximum Gasteiger partial charge on any atom is 0.225 e. The van der Waals surface area contributed by atoms with Crippen molar-refractivity contribution < 1.29 is 0 Å². The number of aromatic nitrogens is 2. The van der Waals surface area contributed by atoms with E-state index < -0.39 is 0 Å². The number of nitrogens with one attached hydrogen (secondary N) is 1. The van der Waals surface area contributed by atoms with Crippen molar-refractivity contribution in [1.82, 2.24) is 14.9 Å². The van der Waals surface area contributed by atoms with E-state index in [0.29, 0.717) is 22.4 Å². The Hall–Kier alpha value is -0.880. The van der Waals surface area contributed by atoms with Gasteiger partial charge in [0.05, 0.1) is 0 Å². The Labute approximate surface area is 116 Å². The molecule has 0 aliphatic carbocycles. The fraction of sp³-hybridized carbons (Fsp3) is 0.667. The fourth-order valence-corrected chi connectivity index (χ4v) is 2.70. The van der Waals surface area contributed by atoms with E-state index in [1.54, 1.807) is 6.07 Å². The molecule has 6 heteroatoms. The SMILES string of the molecule is CC(CN1CCCCC1)Nc1nc(N)cc(Br)n1. The van der Waals surface area contributed by atoms with Crippen LogP contribution >= 0.6 is 15.9 Å². The van der Waals surface area contributed by atoms with Crippen molar-refractivity contribution in [1.29, 1.82) is 0 Å². The van der Waals surface area contributed by atoms with Gasteiger partial charge in [0.25, 0.3) is 0 Å². The lowest BCUT2D eigenvalue weighted by atomic mass is 10.1. The van der Waals surface area contributed by atoms with E-state index in [1.165, 1.54) is 32.4 Å². The smallest absolute Gasteiger partial charge is 0.225 e. The number of piperidine rings is 1. The Morgan fingerprint density at radius 1 is 1.39 bits per heavy atom. The summed E-state index contributed by atoms with van der Waals surface area (Å²) in [5.41, 5.74) is 5.69. The third-order valence-corrected chi connectivity index (χ3v) is 3.48. The standard InChI is InChI=1S/C12H20BrN5/c1-9(8-18-5-3-2-4-6-18)15-12-16-10(13)7-11(14)17-12/h7,9H,2-6,8H2,1H3,(H3,14,15,16,17). The Morgan fingerprint density at radius 3 is 2.78 bits per heavy atom. The molecule has 0 aromatic carbocycles. The maximum absolute atomic E-state index is 5.69. The van der Waals surface area contributed by atoms with Gasteiger partial charge in [-0.1, -0.05) is 6.42 Å². The van der Waals surface area contributed by atoms with E-state index in [-0.39, 0.29) is 0 Å². The molecule has 18 heavy (non-hydrogen) atoms. The summed E-state index contributed by atoms with van der Waals surface area (Å²) in [5.74, 6) is 1.07. The van der Waals surface area contributed by atoms with Crippen LogP contribution in [0.4, 0.5) is 11.8 Å². The Morgan fingerprint density at radius 2 is 2.11 bits per heavy atom. The molecule has 0 spiro atoms. The van der Waals surface area contributed by atoms with Crippen molar-refractivity contribution in [3.05, 3.63) is 10.7 Å². The summed E-state index contributed by atoms with van der Waals surface area (Å²) in [5, 5.41) is 3.30. The molecule has 0 bridgehead atoms. The molecule has 5 nitrogen and oxygen atoms in total. The summed E-state index contributed by atoms with van der Waals surface area (Å²) >= 11 is 3.32. The first-order valence-electron chi connectivity index (χ1n) is 6.42. The first-order valence-corrected chi connectivity index (χ1v) is 7.22. The van der Waals surface area contributed by atoms with Crippen LogP contribution in [0.3, 0.4) is 0 Å². The van der Waals surface area contributed by atoms with E-state index in [1.807, 2.05) is 0 Å². The zero-order chi connectivity index (χ0) is 13.0. The number of halogens is 1. The van der Waals surface area contributed by atoms with Gasteiger partial charge in [-0.05, 0) is 48.8 Å². The van der Waals surface area contributed by atoms with E-state index in [9.17, 15) is 0 Å². The van der Waals surface area contributed by atoms with Crippen LogP contribution in [0.5, 0.6) is 0 Å². The van der Waals surface area contributed by atoms with Gasteiger partial charge in [-0.3, -0.25) is 0 Å². The molecule has 1 unspecified atom stereocenters. The van der Waals surface area contributed by atoms with Crippen molar-refractivity contribution in [2.45, 2.75) is 32.2 Å². The first-order chi connectivity index (χ1) is 8.63. The molecule has 0 saturated carbocycles. The van der Waals surface area contributed by atoms with Crippen LogP contribution in [-0.2, 0) is 0 Å². The molecular formula is C12H20BrN5. The van der Waals surface area contributed by atoms with Gasteiger partial charge in [0.15, 0.2) is 0 Å². The average Bonchev–Trinajstić information content (AvgIpc) is 2.28. The van der Waals surface area contributed by atoms with Crippen LogP contribution < -0.4 is 11.1 Å². The first kappa shape index (κ1) is 13.5. The number of likely N-dealkylation sites (tertiary alicyclic amines) is 1. The predicted octanol–water partition coefficient (Wildman–Crippen LogP) is 2.11. The second kappa shape index (κ2) is 6.33. The van der Waals surface area contributed by atoms with Crippen LogP contribution in [0.15, 0.2) is 10.7 Å². The quantitative estimate of drug-likeness (QED) is 0.833. The highest BCUT2D eigenvalue weighted by Gasteiger charge is 2.14. The minimum absolute atomic E-state index is 0.316. The highest BCUT2D eigenvalue weighted by molar-refractivity contribution is 9.10. The van der Waals surface area contributed by atoms with Crippen molar-refractivity contribution >= 4 is 27.7 Å². The molecule has 1 aliphatic heterocycles. The van der Waals surface area contributed by atoms with Crippen molar-refractivity contribution in [2.24, 2.45) is 0 Å². The molecule has 1 atom stereocenters. The monoisotopic (exact) mass is 313 g/mol. The topological polar surface area (TPSA) is 67.1 Å². The largest absolute Gasteiger partial charge is 0.383 e. The molecule has 0 amide bonds. The normalized spacial score (nSPS) is 18.6. The molecule has 1 saturated heterocycles. The highest BCUT2D eigenvalue weighted by Crippen LogP contribution is 2.14. The van der Waals surface area contributed by atoms with Gasteiger partial charge in [-0.2, -0.15) is 4.98 Å². The van der Waals surface area contributed by atoms with E-state index in [0.717, 1.165) is 6.54 Å². The number of rotatable bonds is 4. The molecule has 100 valence electrons. The molecule has 2 heterocycles. The average molecular weight is 314 g/mol. The summed E-state index contributed by atoms with van der Waals surface area (Å²) < 4.78 is 0.711. The number of anilines is 2. The predicted molar refractivity (Wildman–Crippen MR) is 77.5 cm³/mol. The van der Waals surface area contributed by atoms with Crippen LogP contribution in [0.1, 0.15) is 26.2 Å². The Balaban J connectivity index is 1.87. The zero-order valence-corrected chi connectivity index (χ0v) is 12.3. The highest BCUT2D eigenvalue weighted by atomic mass is 79.9. The molecular weight excluding hydrogens is 294 g/mol. The molecule has 1 aromatic rings. The number of nitrogen functional groups attached to an aromatic ring is 1. The zero-order valence-electron chi connectivity index (χ0n) is 10.7. The van der Waals surface area contributed by atoms with Gasteiger partial charge in [-0.15, -0.1) is 0 Å². The summed E-state index contributed by atoms with van der Waals surface area (Å²) in [6.45, 7) is 5.58. The minimum Gasteiger partial charge on any atom is -0.383 e. The van der Waals surface area contributed by atoms with Gasteiger partial charge in [0.1, 0.15) is 10.4 Å². The van der Waals surface area contributed by atoms with Crippen LogP contribution in [-0.4, -0.2) is 40.5 Å². The molecule has 3 N–H and O–H groups in total. The van der Waals surface area contributed by atoms with E-state index in [4.69, 9.17) is 5.73 Å². The van der Waals surface area contributed by atoms with Crippen LogP contribution in [0.2, 0.25) is 0 Å². The van der Waals surface area contributed by atoms with Crippen molar-refractivity contribution in [3.8, 4) is 0 Å². The second-order valence-electron chi connectivity index (χ2n) is 4.85. The second-order valence-corrected chi connectivity index (χ2v) is 5.66. The number of nitrogens with zero attached hydrogens (tertiary/aromatic N) is 3. The molecule has 2 rings (SSSR count). The van der Waals surface area contributed by atoms with Crippen LogP contribution in [0.25, 0.3) is 0 Å². The molecule has 1 aliphatic rings. The van der Waals surface area contributed by atoms with Gasteiger partial charge < -0.3 is 16.0 Å². The summed E-state index contributed by atoms with van der Waals surface area (Å²) in [6.07, 6.45) is 3.99. The Bertz CT molecular complexity index is 372. The Kier molecular flexibility index (Phi) is 4.77. The van der Waals surface area contributed by atoms with Crippen molar-refractivity contribution in [2.75, 3.05) is 30.7 Å². The lowest BCUT2D eigenvalue weighted by molar-refractivity contribution is 0.223. The van der Waals surface area contributed by atoms with Crippen LogP contribution in [0, 0.1) is 0 Å². The molecule has 1 fully saturated rings. The van der Waals surface area contributed by atoms with Crippen molar-refractivity contribution in [3.63, 3.8) is 0 Å². The fourth-order valence-electron chi connectivity index (χ4n) is 2.29.